The molecule has 23 heavy (non-hydrogen) atoms. The van der Waals surface area contributed by atoms with Crippen LogP contribution in [0.3, 0.4) is 0 Å². The smallest absolute Gasteiger partial charge is 0.134 e. The van der Waals surface area contributed by atoms with E-state index in [1.54, 1.807) is 6.07 Å². The first-order valence-electron chi connectivity index (χ1n) is 7.51. The first-order valence-corrected chi connectivity index (χ1v) is 7.89. The van der Waals surface area contributed by atoms with Crippen LogP contribution >= 0.6 is 11.6 Å². The SMILES string of the molecule is Fc1ccccc1CCNCc1ccc(-c2ccc(Cl)cc2)o1. The average Bonchev–Trinajstić information content (AvgIpc) is 3.03. The minimum absolute atomic E-state index is 0.155. The summed E-state index contributed by atoms with van der Waals surface area (Å²) in [5.74, 6) is 1.51. The Labute approximate surface area is 139 Å². The molecule has 0 bridgehead atoms. The summed E-state index contributed by atoms with van der Waals surface area (Å²) in [5.41, 5.74) is 1.72. The Kier molecular flexibility index (Phi) is 5.11. The molecule has 0 aliphatic heterocycles. The van der Waals surface area contributed by atoms with E-state index in [4.69, 9.17) is 16.0 Å². The molecule has 0 fully saturated rings. The van der Waals surface area contributed by atoms with E-state index in [-0.39, 0.29) is 5.82 Å². The van der Waals surface area contributed by atoms with Crippen molar-refractivity contribution < 1.29 is 8.81 Å². The van der Waals surface area contributed by atoms with Crippen molar-refractivity contribution in [2.24, 2.45) is 0 Å². The Morgan fingerprint density at radius 2 is 1.74 bits per heavy atom. The minimum Gasteiger partial charge on any atom is -0.460 e. The zero-order chi connectivity index (χ0) is 16.1. The van der Waals surface area contributed by atoms with Crippen LogP contribution in [0, 0.1) is 5.82 Å². The minimum atomic E-state index is -0.155. The molecule has 0 amide bonds. The van der Waals surface area contributed by atoms with E-state index < -0.39 is 0 Å². The average molecular weight is 330 g/mol. The van der Waals surface area contributed by atoms with E-state index in [2.05, 4.69) is 5.32 Å². The van der Waals surface area contributed by atoms with Gasteiger partial charge in [0.1, 0.15) is 17.3 Å². The number of nitrogens with one attached hydrogen (secondary N) is 1. The quantitative estimate of drug-likeness (QED) is 0.639. The van der Waals surface area contributed by atoms with Crippen molar-refractivity contribution in [1.29, 1.82) is 0 Å². The summed E-state index contributed by atoms with van der Waals surface area (Å²) in [6, 6.07) is 18.3. The summed E-state index contributed by atoms with van der Waals surface area (Å²) >= 11 is 5.88. The summed E-state index contributed by atoms with van der Waals surface area (Å²) in [6.07, 6.45) is 0.650. The second kappa shape index (κ2) is 7.44. The number of benzene rings is 2. The molecule has 3 rings (SSSR count). The predicted molar refractivity (Wildman–Crippen MR) is 91.0 cm³/mol. The van der Waals surface area contributed by atoms with Gasteiger partial charge in [-0.15, -0.1) is 0 Å². The first kappa shape index (κ1) is 15.8. The molecule has 0 aliphatic rings. The highest BCUT2D eigenvalue weighted by molar-refractivity contribution is 6.30. The normalized spacial score (nSPS) is 10.9. The summed E-state index contributed by atoms with van der Waals surface area (Å²) in [5, 5.41) is 3.97. The molecule has 2 nitrogen and oxygen atoms in total. The predicted octanol–water partition coefficient (Wildman–Crippen LogP) is 5.07. The van der Waals surface area contributed by atoms with Gasteiger partial charge in [0.25, 0.3) is 0 Å². The van der Waals surface area contributed by atoms with Gasteiger partial charge in [0.2, 0.25) is 0 Å². The van der Waals surface area contributed by atoms with Crippen LogP contribution in [-0.4, -0.2) is 6.54 Å². The van der Waals surface area contributed by atoms with Gasteiger partial charge in [-0.1, -0.05) is 29.8 Å². The molecule has 2 aromatic carbocycles. The van der Waals surface area contributed by atoms with E-state index in [1.807, 2.05) is 48.5 Å². The largest absolute Gasteiger partial charge is 0.460 e. The standard InChI is InChI=1S/C19H17ClFNO/c20-16-7-5-15(6-8-16)19-10-9-17(23-19)13-22-12-11-14-3-1-2-4-18(14)21/h1-10,22H,11-13H2. The third kappa shape index (κ3) is 4.21. The van der Waals surface area contributed by atoms with E-state index in [9.17, 15) is 4.39 Å². The van der Waals surface area contributed by atoms with Crippen molar-refractivity contribution >= 4 is 11.6 Å². The topological polar surface area (TPSA) is 25.2 Å². The second-order valence-corrected chi connectivity index (χ2v) is 5.73. The van der Waals surface area contributed by atoms with Crippen LogP contribution in [-0.2, 0) is 13.0 Å². The van der Waals surface area contributed by atoms with Crippen LogP contribution in [0.2, 0.25) is 5.02 Å². The van der Waals surface area contributed by atoms with Crippen LogP contribution in [0.4, 0.5) is 4.39 Å². The van der Waals surface area contributed by atoms with Gasteiger partial charge in [-0.05, 0) is 61.0 Å². The Bertz CT molecular complexity index is 767. The van der Waals surface area contributed by atoms with Crippen LogP contribution in [0.15, 0.2) is 65.1 Å². The van der Waals surface area contributed by atoms with Gasteiger partial charge in [0.15, 0.2) is 0 Å². The van der Waals surface area contributed by atoms with Crippen LogP contribution in [0.25, 0.3) is 11.3 Å². The van der Waals surface area contributed by atoms with E-state index >= 15 is 0 Å². The van der Waals surface area contributed by atoms with Gasteiger partial charge < -0.3 is 9.73 Å². The molecule has 0 atom stereocenters. The molecule has 0 aliphatic carbocycles. The van der Waals surface area contributed by atoms with E-state index in [0.717, 1.165) is 22.6 Å². The van der Waals surface area contributed by atoms with Crippen LogP contribution in [0.1, 0.15) is 11.3 Å². The number of furan rings is 1. The number of hydrogen-bond acceptors (Lipinski definition) is 2. The third-order valence-electron chi connectivity index (χ3n) is 3.62. The van der Waals surface area contributed by atoms with Gasteiger partial charge in [0.05, 0.1) is 6.54 Å². The number of rotatable bonds is 6. The van der Waals surface area contributed by atoms with E-state index in [0.29, 0.717) is 24.5 Å². The highest BCUT2D eigenvalue weighted by atomic mass is 35.5. The molecule has 0 unspecified atom stereocenters. The molecule has 0 spiro atoms. The Balaban J connectivity index is 1.52. The summed E-state index contributed by atoms with van der Waals surface area (Å²) in [7, 11) is 0. The number of hydrogen-bond donors (Lipinski definition) is 1. The molecule has 1 N–H and O–H groups in total. The molecule has 0 saturated carbocycles. The highest BCUT2D eigenvalue weighted by Crippen LogP contribution is 2.23. The molecule has 0 saturated heterocycles. The van der Waals surface area contributed by atoms with Crippen molar-refractivity contribution in [3.05, 3.63) is 82.8 Å². The molecule has 1 heterocycles. The third-order valence-corrected chi connectivity index (χ3v) is 3.87. The second-order valence-electron chi connectivity index (χ2n) is 5.29. The van der Waals surface area contributed by atoms with Gasteiger partial charge in [-0.25, -0.2) is 4.39 Å². The molecule has 0 radical (unpaired) electrons. The van der Waals surface area contributed by atoms with Gasteiger partial charge in [-0.2, -0.15) is 0 Å². The highest BCUT2D eigenvalue weighted by Gasteiger charge is 2.05. The fourth-order valence-corrected chi connectivity index (χ4v) is 2.50. The monoisotopic (exact) mass is 329 g/mol. The lowest BCUT2D eigenvalue weighted by Crippen LogP contribution is -2.16. The van der Waals surface area contributed by atoms with Crippen LogP contribution < -0.4 is 5.32 Å². The lowest BCUT2D eigenvalue weighted by atomic mass is 10.1. The molecular formula is C19H17ClFNO. The summed E-state index contributed by atoms with van der Waals surface area (Å²) in [4.78, 5) is 0. The maximum absolute atomic E-state index is 13.5. The maximum Gasteiger partial charge on any atom is 0.134 e. The summed E-state index contributed by atoms with van der Waals surface area (Å²) < 4.78 is 19.3. The van der Waals surface area contributed by atoms with Crippen molar-refractivity contribution in [2.75, 3.05) is 6.54 Å². The fraction of sp³-hybridized carbons (Fsp3) is 0.158. The van der Waals surface area contributed by atoms with E-state index in [1.165, 1.54) is 6.07 Å². The van der Waals surface area contributed by atoms with Crippen molar-refractivity contribution in [1.82, 2.24) is 5.32 Å². The van der Waals surface area contributed by atoms with Crippen molar-refractivity contribution in [3.8, 4) is 11.3 Å². The Morgan fingerprint density at radius 3 is 2.52 bits per heavy atom. The van der Waals surface area contributed by atoms with Gasteiger partial charge in [-0.3, -0.25) is 0 Å². The molecule has 4 heteroatoms. The fourth-order valence-electron chi connectivity index (χ4n) is 2.38. The zero-order valence-corrected chi connectivity index (χ0v) is 13.3. The van der Waals surface area contributed by atoms with Crippen molar-refractivity contribution in [3.63, 3.8) is 0 Å². The van der Waals surface area contributed by atoms with Gasteiger partial charge in [0, 0.05) is 10.6 Å². The zero-order valence-electron chi connectivity index (χ0n) is 12.6. The molecule has 118 valence electrons. The summed E-state index contributed by atoms with van der Waals surface area (Å²) in [6.45, 7) is 1.31. The van der Waals surface area contributed by atoms with Crippen molar-refractivity contribution in [2.45, 2.75) is 13.0 Å². The lowest BCUT2D eigenvalue weighted by Gasteiger charge is -2.04. The maximum atomic E-state index is 13.5. The Morgan fingerprint density at radius 1 is 0.957 bits per heavy atom. The van der Waals surface area contributed by atoms with Crippen LogP contribution in [0.5, 0.6) is 0 Å². The number of halogens is 2. The van der Waals surface area contributed by atoms with Gasteiger partial charge >= 0.3 is 0 Å². The molecule has 1 aromatic heterocycles. The molecular weight excluding hydrogens is 313 g/mol. The molecule has 3 aromatic rings. The lowest BCUT2D eigenvalue weighted by molar-refractivity contribution is 0.493. The first-order chi connectivity index (χ1) is 11.2. The Hall–Kier alpha value is -2.10.